The number of carbonyl (C=O) groups is 1. The molecule has 0 unspecified atom stereocenters. The van der Waals surface area contributed by atoms with Crippen molar-refractivity contribution in [2.75, 3.05) is 14.1 Å². The van der Waals surface area contributed by atoms with Crippen LogP contribution in [0.5, 0.6) is 0 Å². The molecule has 1 saturated carbocycles. The Bertz CT molecular complexity index is 407. The summed E-state index contributed by atoms with van der Waals surface area (Å²) in [5.74, 6) is 0.424. The van der Waals surface area contributed by atoms with Crippen molar-refractivity contribution in [1.29, 1.82) is 0 Å². The lowest BCUT2D eigenvalue weighted by Crippen LogP contribution is -2.26. The minimum atomic E-state index is 0.0645. The second-order valence-electron chi connectivity index (χ2n) is 5.27. The van der Waals surface area contributed by atoms with E-state index in [2.05, 4.69) is 38.1 Å². The van der Waals surface area contributed by atoms with Gasteiger partial charge in [0.15, 0.2) is 0 Å². The first-order valence-corrected chi connectivity index (χ1v) is 5.73. The summed E-state index contributed by atoms with van der Waals surface area (Å²) in [6.07, 6.45) is 0.979. The van der Waals surface area contributed by atoms with E-state index in [9.17, 15) is 4.79 Å². The highest BCUT2D eigenvalue weighted by atomic mass is 16.2. The fraction of sp³-hybridized carbons (Fsp3) is 0.500. The van der Waals surface area contributed by atoms with Crippen LogP contribution in [0.1, 0.15) is 24.5 Å². The first-order chi connectivity index (χ1) is 7.45. The maximum atomic E-state index is 11.9. The molecule has 0 saturated heterocycles. The van der Waals surface area contributed by atoms with Crippen LogP contribution in [0.4, 0.5) is 0 Å². The van der Waals surface area contributed by atoms with Crippen LogP contribution in [0.15, 0.2) is 24.3 Å². The molecular formula is C14H19NO. The number of hydrogen-bond acceptors (Lipinski definition) is 1. The van der Waals surface area contributed by atoms with Gasteiger partial charge in [-0.25, -0.2) is 0 Å². The molecule has 1 aliphatic rings. The molecule has 0 aliphatic heterocycles. The predicted octanol–water partition coefficient (Wildman–Crippen LogP) is 2.36. The number of hydrogen-bond donors (Lipinski definition) is 0. The first-order valence-electron chi connectivity index (χ1n) is 5.73. The van der Waals surface area contributed by atoms with Gasteiger partial charge in [-0.05, 0) is 18.9 Å². The van der Waals surface area contributed by atoms with Gasteiger partial charge in [-0.15, -0.1) is 0 Å². The smallest absolute Gasteiger partial charge is 0.226 e. The highest BCUT2D eigenvalue weighted by molar-refractivity contribution is 5.83. The lowest BCUT2D eigenvalue weighted by atomic mass is 9.94. The Morgan fingerprint density at radius 3 is 2.38 bits per heavy atom. The molecule has 0 spiro atoms. The monoisotopic (exact) mass is 217 g/mol. The Balaban J connectivity index is 2.18. The molecule has 2 heteroatoms. The number of amides is 1. The van der Waals surface area contributed by atoms with E-state index in [1.54, 1.807) is 4.90 Å². The van der Waals surface area contributed by atoms with E-state index >= 15 is 0 Å². The average molecular weight is 217 g/mol. The average Bonchev–Trinajstić information content (AvgIpc) is 2.91. The molecule has 2 rings (SSSR count). The van der Waals surface area contributed by atoms with Crippen molar-refractivity contribution in [3.05, 3.63) is 35.4 Å². The van der Waals surface area contributed by atoms with Crippen molar-refractivity contribution < 1.29 is 4.79 Å². The molecule has 0 heterocycles. The molecule has 1 fully saturated rings. The van der Waals surface area contributed by atoms with Crippen molar-refractivity contribution >= 4 is 5.91 Å². The summed E-state index contributed by atoms with van der Waals surface area (Å²) in [7, 11) is 3.66. The molecule has 1 aromatic rings. The Hall–Kier alpha value is -1.31. The van der Waals surface area contributed by atoms with Gasteiger partial charge in [0.2, 0.25) is 5.91 Å². The molecule has 16 heavy (non-hydrogen) atoms. The molecule has 86 valence electrons. The Morgan fingerprint density at radius 2 is 1.88 bits per heavy atom. The summed E-state index contributed by atoms with van der Waals surface area (Å²) in [5.41, 5.74) is 2.62. The van der Waals surface area contributed by atoms with Crippen LogP contribution >= 0.6 is 0 Å². The zero-order chi connectivity index (χ0) is 11.9. The molecule has 1 aliphatic carbocycles. The van der Waals surface area contributed by atoms with E-state index < -0.39 is 0 Å². The minimum Gasteiger partial charge on any atom is -0.349 e. The van der Waals surface area contributed by atoms with Gasteiger partial charge >= 0.3 is 0 Å². The Labute approximate surface area is 97.3 Å². The number of carbonyl (C=O) groups excluding carboxylic acids is 1. The maximum Gasteiger partial charge on any atom is 0.226 e. The third-order valence-corrected chi connectivity index (χ3v) is 3.69. The molecule has 1 amide bonds. The van der Waals surface area contributed by atoms with Gasteiger partial charge in [-0.2, -0.15) is 0 Å². The Kier molecular flexibility index (Phi) is 2.53. The summed E-state index contributed by atoms with van der Waals surface area (Å²) >= 11 is 0. The maximum absolute atomic E-state index is 11.9. The number of rotatable bonds is 2. The van der Waals surface area contributed by atoms with Crippen LogP contribution in [0, 0.1) is 12.8 Å². The summed E-state index contributed by atoms with van der Waals surface area (Å²) in [6, 6.07) is 8.54. The third-order valence-electron chi connectivity index (χ3n) is 3.69. The van der Waals surface area contributed by atoms with Crippen molar-refractivity contribution in [2.45, 2.75) is 25.7 Å². The van der Waals surface area contributed by atoms with Crippen molar-refractivity contribution in [3.63, 3.8) is 0 Å². The molecule has 0 bridgehead atoms. The summed E-state index contributed by atoms with van der Waals surface area (Å²) < 4.78 is 0. The number of aryl methyl sites for hydroxylation is 1. The first kappa shape index (κ1) is 11.2. The largest absolute Gasteiger partial charge is 0.349 e. The summed E-state index contributed by atoms with van der Waals surface area (Å²) in [4.78, 5) is 13.6. The van der Waals surface area contributed by atoms with E-state index in [0.717, 1.165) is 6.42 Å². The highest BCUT2D eigenvalue weighted by Crippen LogP contribution is 2.54. The summed E-state index contributed by atoms with van der Waals surface area (Å²) in [5, 5.41) is 0. The van der Waals surface area contributed by atoms with E-state index in [-0.39, 0.29) is 17.2 Å². The molecule has 1 aromatic carbocycles. The Morgan fingerprint density at radius 1 is 1.31 bits per heavy atom. The zero-order valence-electron chi connectivity index (χ0n) is 10.4. The van der Waals surface area contributed by atoms with Gasteiger partial charge in [0.25, 0.3) is 0 Å². The van der Waals surface area contributed by atoms with E-state index in [4.69, 9.17) is 0 Å². The van der Waals surface area contributed by atoms with Gasteiger partial charge in [0.05, 0.1) is 0 Å². The quantitative estimate of drug-likeness (QED) is 0.744. The van der Waals surface area contributed by atoms with E-state index in [1.807, 2.05) is 14.1 Å². The molecular weight excluding hydrogens is 198 g/mol. The normalized spacial score (nSPS) is 27.6. The second kappa shape index (κ2) is 3.62. The zero-order valence-corrected chi connectivity index (χ0v) is 10.4. The molecule has 0 aromatic heterocycles. The number of benzene rings is 1. The van der Waals surface area contributed by atoms with Crippen LogP contribution in [-0.2, 0) is 10.2 Å². The third kappa shape index (κ3) is 1.73. The van der Waals surface area contributed by atoms with Crippen molar-refractivity contribution in [3.8, 4) is 0 Å². The van der Waals surface area contributed by atoms with Crippen LogP contribution in [0.3, 0.4) is 0 Å². The SMILES string of the molecule is Cc1ccc([C@@]2(C)C[C@@H]2C(=O)N(C)C)cc1. The highest BCUT2D eigenvalue weighted by Gasteiger charge is 2.55. The fourth-order valence-electron chi connectivity index (χ4n) is 2.29. The van der Waals surface area contributed by atoms with Crippen LogP contribution < -0.4 is 0 Å². The molecule has 2 atom stereocenters. The lowest BCUT2D eigenvalue weighted by molar-refractivity contribution is -0.130. The molecule has 0 radical (unpaired) electrons. The fourth-order valence-corrected chi connectivity index (χ4v) is 2.29. The van der Waals surface area contributed by atoms with Gasteiger partial charge in [-0.1, -0.05) is 36.8 Å². The standard InChI is InChI=1S/C14H19NO/c1-10-5-7-11(8-6-10)14(2)9-12(14)13(16)15(3)4/h5-8,12H,9H2,1-4H3/t12-,14-/m1/s1. The topological polar surface area (TPSA) is 20.3 Å². The van der Waals surface area contributed by atoms with Crippen LogP contribution in [0.2, 0.25) is 0 Å². The minimum absolute atomic E-state index is 0.0645. The van der Waals surface area contributed by atoms with Gasteiger partial charge in [0.1, 0.15) is 0 Å². The van der Waals surface area contributed by atoms with E-state index in [0.29, 0.717) is 0 Å². The molecule has 2 nitrogen and oxygen atoms in total. The van der Waals surface area contributed by atoms with Crippen LogP contribution in [0.25, 0.3) is 0 Å². The van der Waals surface area contributed by atoms with E-state index in [1.165, 1.54) is 11.1 Å². The lowest BCUT2D eigenvalue weighted by Gasteiger charge is -2.15. The van der Waals surface area contributed by atoms with Crippen molar-refractivity contribution in [2.24, 2.45) is 5.92 Å². The number of nitrogens with zero attached hydrogens (tertiary/aromatic N) is 1. The summed E-state index contributed by atoms with van der Waals surface area (Å²) in [6.45, 7) is 4.27. The van der Waals surface area contributed by atoms with Gasteiger partial charge in [-0.3, -0.25) is 4.79 Å². The van der Waals surface area contributed by atoms with Crippen LogP contribution in [-0.4, -0.2) is 24.9 Å². The van der Waals surface area contributed by atoms with Crippen molar-refractivity contribution in [1.82, 2.24) is 4.90 Å². The van der Waals surface area contributed by atoms with Gasteiger partial charge < -0.3 is 4.90 Å². The predicted molar refractivity (Wildman–Crippen MR) is 65.3 cm³/mol. The molecule has 0 N–H and O–H groups in total. The second-order valence-corrected chi connectivity index (χ2v) is 5.27. The van der Waals surface area contributed by atoms with Gasteiger partial charge in [0, 0.05) is 25.4 Å².